The lowest BCUT2D eigenvalue weighted by Crippen LogP contribution is -2.42. The van der Waals surface area contributed by atoms with Gasteiger partial charge in [-0.15, -0.1) is 22.7 Å². The molecule has 0 spiro atoms. The summed E-state index contributed by atoms with van der Waals surface area (Å²) in [4.78, 5) is 19.4. The van der Waals surface area contributed by atoms with Gasteiger partial charge >= 0.3 is 0 Å². The monoisotopic (exact) mass is 318 g/mol. The molecule has 2 fully saturated rings. The largest absolute Gasteiger partial charge is 0.347 e. The van der Waals surface area contributed by atoms with Crippen LogP contribution in [0.4, 0.5) is 0 Å². The van der Waals surface area contributed by atoms with Gasteiger partial charge in [-0.05, 0) is 50.1 Å². The Hall–Kier alpha value is -1.17. The zero-order valence-corrected chi connectivity index (χ0v) is 13.6. The highest BCUT2D eigenvalue weighted by Crippen LogP contribution is 2.34. The molecule has 2 aromatic rings. The molecular formula is C16H18N2OS2. The van der Waals surface area contributed by atoms with E-state index < -0.39 is 0 Å². The number of carbonyl (C=O) groups excluding carboxylic acids is 1. The minimum Gasteiger partial charge on any atom is -0.347 e. The number of nitrogens with zero attached hydrogens (tertiary/aromatic N) is 1. The molecule has 2 saturated heterocycles. The molecule has 4 heterocycles. The van der Waals surface area contributed by atoms with Crippen molar-refractivity contribution in [2.45, 2.75) is 19.4 Å². The van der Waals surface area contributed by atoms with Crippen molar-refractivity contribution < 1.29 is 4.79 Å². The fraction of sp³-hybridized carbons (Fsp3) is 0.438. The minimum atomic E-state index is 0.0956. The molecule has 0 aliphatic carbocycles. The van der Waals surface area contributed by atoms with Crippen LogP contribution >= 0.6 is 22.7 Å². The summed E-state index contributed by atoms with van der Waals surface area (Å²) in [5.41, 5.74) is 0. The molecule has 2 aromatic heterocycles. The smallest absolute Gasteiger partial charge is 0.261 e. The zero-order valence-electron chi connectivity index (χ0n) is 12.0. The van der Waals surface area contributed by atoms with E-state index in [0.717, 1.165) is 18.0 Å². The molecule has 5 heteroatoms. The summed E-state index contributed by atoms with van der Waals surface area (Å²) in [6.07, 6.45) is 1.23. The van der Waals surface area contributed by atoms with Crippen molar-refractivity contribution in [1.29, 1.82) is 0 Å². The van der Waals surface area contributed by atoms with Gasteiger partial charge in [0.1, 0.15) is 0 Å². The van der Waals surface area contributed by atoms with Crippen LogP contribution < -0.4 is 5.32 Å². The third-order valence-corrected chi connectivity index (χ3v) is 6.74. The van der Waals surface area contributed by atoms with Crippen LogP contribution in [0.1, 0.15) is 21.0 Å². The molecule has 110 valence electrons. The first-order valence-electron chi connectivity index (χ1n) is 7.39. The maximum atomic E-state index is 12.4. The van der Waals surface area contributed by atoms with Gasteiger partial charge in [0.2, 0.25) is 0 Å². The first-order chi connectivity index (χ1) is 10.2. The van der Waals surface area contributed by atoms with E-state index in [-0.39, 0.29) is 5.91 Å². The average Bonchev–Trinajstić information content (AvgIpc) is 3.22. The SMILES string of the molecule is Cc1ccc(-c2ccc(C(=O)N[C@H]3CN4CC[C@H]3C4)s2)s1. The number of hydrogen-bond donors (Lipinski definition) is 1. The van der Waals surface area contributed by atoms with Crippen LogP contribution in [0, 0.1) is 12.8 Å². The second kappa shape index (κ2) is 5.23. The molecule has 0 aromatic carbocycles. The number of carbonyl (C=O) groups is 1. The van der Waals surface area contributed by atoms with Crippen LogP contribution in [0.2, 0.25) is 0 Å². The van der Waals surface area contributed by atoms with E-state index >= 15 is 0 Å². The molecule has 1 unspecified atom stereocenters. The highest BCUT2D eigenvalue weighted by molar-refractivity contribution is 7.23. The van der Waals surface area contributed by atoms with Crippen LogP contribution in [0.3, 0.4) is 0 Å². The van der Waals surface area contributed by atoms with Gasteiger partial charge in [-0.1, -0.05) is 0 Å². The Balaban J connectivity index is 1.46. The molecule has 0 radical (unpaired) electrons. The number of hydrogen-bond acceptors (Lipinski definition) is 4. The van der Waals surface area contributed by atoms with Crippen LogP contribution in [0.5, 0.6) is 0 Å². The Morgan fingerprint density at radius 3 is 2.67 bits per heavy atom. The van der Waals surface area contributed by atoms with Crippen LogP contribution in [-0.2, 0) is 0 Å². The quantitative estimate of drug-likeness (QED) is 0.942. The lowest BCUT2D eigenvalue weighted by Gasteiger charge is -2.22. The maximum Gasteiger partial charge on any atom is 0.261 e. The van der Waals surface area contributed by atoms with E-state index in [9.17, 15) is 4.79 Å². The van der Waals surface area contributed by atoms with Crippen LogP contribution in [-0.4, -0.2) is 36.5 Å². The molecule has 1 N–H and O–H groups in total. The van der Waals surface area contributed by atoms with E-state index in [0.29, 0.717) is 12.0 Å². The Labute approximate surface area is 132 Å². The highest BCUT2D eigenvalue weighted by Gasteiger charge is 2.38. The van der Waals surface area contributed by atoms with Gasteiger partial charge < -0.3 is 10.2 Å². The van der Waals surface area contributed by atoms with Gasteiger partial charge in [-0.3, -0.25) is 4.79 Å². The summed E-state index contributed by atoms with van der Waals surface area (Å²) in [5.74, 6) is 0.756. The molecule has 2 aliphatic heterocycles. The number of rotatable bonds is 3. The lowest BCUT2D eigenvalue weighted by molar-refractivity contribution is 0.0928. The van der Waals surface area contributed by atoms with Crippen molar-refractivity contribution in [2.75, 3.05) is 19.6 Å². The Kier molecular flexibility index (Phi) is 3.36. The van der Waals surface area contributed by atoms with Crippen molar-refractivity contribution in [1.82, 2.24) is 10.2 Å². The second-order valence-electron chi connectivity index (χ2n) is 5.96. The standard InChI is InChI=1S/C16H18N2OS2/c1-10-2-3-13(20-10)14-4-5-15(21-14)16(19)17-12-9-18-7-6-11(12)8-18/h2-5,11-12H,6-9H2,1H3,(H,17,19)/t11-,12-/m0/s1. The third kappa shape index (κ3) is 2.54. The highest BCUT2D eigenvalue weighted by atomic mass is 32.1. The number of thiophene rings is 2. The summed E-state index contributed by atoms with van der Waals surface area (Å²) in [5, 5.41) is 3.23. The van der Waals surface area contributed by atoms with Crippen LogP contribution in [0.25, 0.3) is 9.75 Å². The van der Waals surface area contributed by atoms with E-state index in [1.54, 1.807) is 22.7 Å². The van der Waals surface area contributed by atoms with Gasteiger partial charge in [0.05, 0.1) is 4.88 Å². The molecule has 3 nitrogen and oxygen atoms in total. The van der Waals surface area contributed by atoms with E-state index in [2.05, 4.69) is 35.3 Å². The predicted molar refractivity (Wildman–Crippen MR) is 88.2 cm³/mol. The first kappa shape index (κ1) is 13.5. The summed E-state index contributed by atoms with van der Waals surface area (Å²) in [6, 6.07) is 8.63. The summed E-state index contributed by atoms with van der Waals surface area (Å²) in [7, 11) is 0. The number of amides is 1. The van der Waals surface area contributed by atoms with Gasteiger partial charge in [0.25, 0.3) is 5.91 Å². The van der Waals surface area contributed by atoms with Gasteiger partial charge in [0, 0.05) is 33.8 Å². The van der Waals surface area contributed by atoms with Crippen molar-refractivity contribution in [3.8, 4) is 9.75 Å². The molecule has 4 rings (SSSR count). The maximum absolute atomic E-state index is 12.4. The molecular weight excluding hydrogens is 300 g/mol. The Morgan fingerprint density at radius 1 is 1.19 bits per heavy atom. The number of nitrogens with one attached hydrogen (secondary N) is 1. The molecule has 3 atom stereocenters. The summed E-state index contributed by atoms with van der Waals surface area (Å²) in [6.45, 7) is 5.51. The Bertz CT molecular complexity index is 675. The van der Waals surface area contributed by atoms with Crippen molar-refractivity contribution in [2.24, 2.45) is 5.92 Å². The van der Waals surface area contributed by atoms with Gasteiger partial charge in [-0.2, -0.15) is 0 Å². The Morgan fingerprint density at radius 2 is 2.00 bits per heavy atom. The lowest BCUT2D eigenvalue weighted by atomic mass is 10.00. The summed E-state index contributed by atoms with van der Waals surface area (Å²) < 4.78 is 0. The van der Waals surface area contributed by atoms with Crippen LogP contribution in [0.15, 0.2) is 24.3 Å². The van der Waals surface area contributed by atoms with E-state index in [1.807, 2.05) is 6.07 Å². The van der Waals surface area contributed by atoms with Gasteiger partial charge in [0.15, 0.2) is 0 Å². The summed E-state index contributed by atoms with van der Waals surface area (Å²) >= 11 is 3.38. The fourth-order valence-electron chi connectivity index (χ4n) is 3.35. The fourth-order valence-corrected chi connectivity index (χ4v) is 5.21. The molecule has 2 aliphatic rings. The second-order valence-corrected chi connectivity index (χ2v) is 8.33. The first-order valence-corrected chi connectivity index (χ1v) is 9.02. The number of piperidine rings is 1. The molecule has 21 heavy (non-hydrogen) atoms. The van der Waals surface area contributed by atoms with E-state index in [4.69, 9.17) is 0 Å². The molecule has 2 bridgehead atoms. The molecule has 1 amide bonds. The normalized spacial score (nSPS) is 27.2. The number of aryl methyl sites for hydroxylation is 1. The van der Waals surface area contributed by atoms with Crippen molar-refractivity contribution >= 4 is 28.6 Å². The minimum absolute atomic E-state index is 0.0956. The predicted octanol–water partition coefficient (Wildman–Crippen LogP) is 3.22. The van der Waals surface area contributed by atoms with Crippen molar-refractivity contribution in [3.63, 3.8) is 0 Å². The molecule has 0 saturated carbocycles. The third-order valence-electron chi connectivity index (χ3n) is 4.46. The van der Waals surface area contributed by atoms with E-state index in [1.165, 1.54) is 27.6 Å². The average molecular weight is 318 g/mol. The van der Waals surface area contributed by atoms with Gasteiger partial charge in [-0.25, -0.2) is 0 Å². The number of fused-ring (bicyclic) bond motifs is 2. The topological polar surface area (TPSA) is 32.3 Å². The van der Waals surface area contributed by atoms with Crippen molar-refractivity contribution in [3.05, 3.63) is 34.0 Å². The zero-order chi connectivity index (χ0) is 14.4.